The third kappa shape index (κ3) is 5.99. The van der Waals surface area contributed by atoms with Gasteiger partial charge in [-0.1, -0.05) is 54.1 Å². The summed E-state index contributed by atoms with van der Waals surface area (Å²) >= 11 is 6.12. The Morgan fingerprint density at radius 2 is 1.90 bits per heavy atom. The summed E-state index contributed by atoms with van der Waals surface area (Å²) in [7, 11) is 0. The van der Waals surface area contributed by atoms with Crippen LogP contribution in [0.4, 0.5) is 0 Å². The minimum Gasteiger partial charge on any atom is -0.356 e. The molecule has 0 atom stereocenters. The van der Waals surface area contributed by atoms with Crippen LogP contribution in [-0.4, -0.2) is 27.6 Å². The summed E-state index contributed by atoms with van der Waals surface area (Å²) in [5.41, 5.74) is 2.78. The van der Waals surface area contributed by atoms with Crippen molar-refractivity contribution in [3.05, 3.63) is 80.7 Å². The van der Waals surface area contributed by atoms with E-state index in [4.69, 9.17) is 11.6 Å². The van der Waals surface area contributed by atoms with Crippen LogP contribution in [0.25, 0.3) is 11.4 Å². The minimum atomic E-state index is -0.344. The molecule has 29 heavy (non-hydrogen) atoms. The summed E-state index contributed by atoms with van der Waals surface area (Å²) in [6.45, 7) is 2.50. The Morgan fingerprint density at radius 1 is 1.10 bits per heavy atom. The standard InChI is InChI=1S/C22H23ClN4O2/c1-15-9-10-17(14-18(15)23)21-25-22(29)19(26-27-21)11-12-20(28)24-13-5-8-16-6-3-2-4-7-16/h2-4,6-7,9-10,14H,5,8,11-13H2,1H3,(H,24,28)(H,25,27,29). The van der Waals surface area contributed by atoms with E-state index in [1.54, 1.807) is 6.07 Å². The Bertz CT molecular complexity index is 1030. The number of hydrogen-bond acceptors (Lipinski definition) is 4. The Balaban J connectivity index is 1.48. The predicted octanol–water partition coefficient (Wildman–Crippen LogP) is 3.48. The Hall–Kier alpha value is -2.99. The summed E-state index contributed by atoms with van der Waals surface area (Å²) in [5.74, 6) is 0.250. The van der Waals surface area contributed by atoms with Crippen LogP contribution in [-0.2, 0) is 17.6 Å². The minimum absolute atomic E-state index is 0.103. The third-order valence-corrected chi connectivity index (χ3v) is 5.01. The van der Waals surface area contributed by atoms with E-state index in [2.05, 4.69) is 32.6 Å². The molecule has 0 fully saturated rings. The number of carbonyl (C=O) groups excluding carboxylic acids is 1. The average Bonchev–Trinajstić information content (AvgIpc) is 2.73. The van der Waals surface area contributed by atoms with Gasteiger partial charge in [0.2, 0.25) is 5.91 Å². The lowest BCUT2D eigenvalue weighted by Gasteiger charge is -2.06. The van der Waals surface area contributed by atoms with Gasteiger partial charge in [-0.25, -0.2) is 0 Å². The van der Waals surface area contributed by atoms with Gasteiger partial charge in [-0.05, 0) is 37.0 Å². The highest BCUT2D eigenvalue weighted by Gasteiger charge is 2.10. The fourth-order valence-corrected chi connectivity index (χ4v) is 3.06. The van der Waals surface area contributed by atoms with Crippen molar-refractivity contribution in [3.8, 4) is 11.4 Å². The van der Waals surface area contributed by atoms with Gasteiger partial charge in [0.25, 0.3) is 5.56 Å². The van der Waals surface area contributed by atoms with Gasteiger partial charge < -0.3 is 10.3 Å². The quantitative estimate of drug-likeness (QED) is 0.556. The first-order chi connectivity index (χ1) is 14.0. The number of rotatable bonds is 8. The molecule has 3 aromatic rings. The number of nitrogens with one attached hydrogen (secondary N) is 2. The molecule has 0 aliphatic heterocycles. The maximum absolute atomic E-state index is 12.3. The fraction of sp³-hybridized carbons (Fsp3) is 0.273. The van der Waals surface area contributed by atoms with Gasteiger partial charge in [0, 0.05) is 30.0 Å². The second-order valence-corrected chi connectivity index (χ2v) is 7.26. The van der Waals surface area contributed by atoms with E-state index in [0.29, 0.717) is 23.0 Å². The molecule has 2 aromatic carbocycles. The van der Waals surface area contributed by atoms with E-state index in [0.717, 1.165) is 18.4 Å². The topological polar surface area (TPSA) is 87.7 Å². The smallest absolute Gasteiger partial charge is 0.273 e. The van der Waals surface area contributed by atoms with Crippen molar-refractivity contribution in [3.63, 3.8) is 0 Å². The van der Waals surface area contributed by atoms with Gasteiger partial charge in [-0.15, -0.1) is 10.2 Å². The number of aromatic nitrogens is 3. The van der Waals surface area contributed by atoms with Crippen LogP contribution in [0.5, 0.6) is 0 Å². The molecule has 150 valence electrons. The van der Waals surface area contributed by atoms with Crippen LogP contribution < -0.4 is 10.9 Å². The van der Waals surface area contributed by atoms with Crippen molar-refractivity contribution >= 4 is 17.5 Å². The molecule has 1 amide bonds. The Kier molecular flexibility index (Phi) is 7.14. The molecule has 0 aliphatic carbocycles. The van der Waals surface area contributed by atoms with Crippen LogP contribution in [0.2, 0.25) is 5.02 Å². The number of benzene rings is 2. The molecule has 0 aliphatic rings. The van der Waals surface area contributed by atoms with Crippen molar-refractivity contribution in [2.45, 2.75) is 32.6 Å². The molecule has 0 saturated carbocycles. The molecule has 0 unspecified atom stereocenters. The highest BCUT2D eigenvalue weighted by atomic mass is 35.5. The number of aryl methyl sites for hydroxylation is 3. The molecule has 6 nitrogen and oxygen atoms in total. The van der Waals surface area contributed by atoms with Crippen molar-refractivity contribution in [1.82, 2.24) is 20.5 Å². The van der Waals surface area contributed by atoms with E-state index in [-0.39, 0.29) is 30.0 Å². The summed E-state index contributed by atoms with van der Waals surface area (Å²) < 4.78 is 0. The second kappa shape index (κ2) is 9.98. The zero-order chi connectivity index (χ0) is 20.6. The third-order valence-electron chi connectivity index (χ3n) is 4.61. The summed E-state index contributed by atoms with van der Waals surface area (Å²) in [4.78, 5) is 27.0. The van der Waals surface area contributed by atoms with Crippen LogP contribution in [0.3, 0.4) is 0 Å². The molecular weight excluding hydrogens is 388 g/mol. The number of nitrogens with zero attached hydrogens (tertiary/aromatic N) is 2. The van der Waals surface area contributed by atoms with Crippen molar-refractivity contribution in [1.29, 1.82) is 0 Å². The Labute approximate surface area is 174 Å². The lowest BCUT2D eigenvalue weighted by molar-refractivity contribution is -0.121. The number of H-pyrrole nitrogens is 1. The van der Waals surface area contributed by atoms with Gasteiger partial charge in [0.05, 0.1) is 0 Å². The predicted molar refractivity (Wildman–Crippen MR) is 114 cm³/mol. The SMILES string of the molecule is Cc1ccc(-c2nnc(CCC(=O)NCCCc3ccccc3)c(=O)[nH]2)cc1Cl. The molecule has 0 bridgehead atoms. The van der Waals surface area contributed by atoms with Gasteiger partial charge in [-0.3, -0.25) is 9.59 Å². The molecule has 0 radical (unpaired) electrons. The van der Waals surface area contributed by atoms with Crippen molar-refractivity contribution in [2.24, 2.45) is 0 Å². The van der Waals surface area contributed by atoms with Crippen LogP contribution in [0.1, 0.15) is 29.7 Å². The lowest BCUT2D eigenvalue weighted by Crippen LogP contribution is -2.26. The summed E-state index contributed by atoms with van der Waals surface area (Å²) in [6, 6.07) is 15.5. The van der Waals surface area contributed by atoms with Gasteiger partial charge >= 0.3 is 0 Å². The van der Waals surface area contributed by atoms with Crippen LogP contribution in [0, 0.1) is 6.92 Å². The highest BCUT2D eigenvalue weighted by molar-refractivity contribution is 6.31. The maximum Gasteiger partial charge on any atom is 0.273 e. The first-order valence-electron chi connectivity index (χ1n) is 9.56. The molecule has 1 heterocycles. The van der Waals surface area contributed by atoms with E-state index >= 15 is 0 Å². The molecule has 0 saturated heterocycles. The number of hydrogen-bond donors (Lipinski definition) is 2. The van der Waals surface area contributed by atoms with Crippen molar-refractivity contribution in [2.75, 3.05) is 6.54 Å². The second-order valence-electron chi connectivity index (χ2n) is 6.85. The monoisotopic (exact) mass is 410 g/mol. The number of carbonyl (C=O) groups is 1. The fourth-order valence-electron chi connectivity index (χ4n) is 2.88. The Morgan fingerprint density at radius 3 is 2.62 bits per heavy atom. The van der Waals surface area contributed by atoms with Gasteiger partial charge in [-0.2, -0.15) is 0 Å². The van der Waals surface area contributed by atoms with Crippen molar-refractivity contribution < 1.29 is 4.79 Å². The first kappa shape index (κ1) is 20.7. The van der Waals surface area contributed by atoms with E-state index < -0.39 is 0 Å². The first-order valence-corrected chi connectivity index (χ1v) is 9.94. The normalized spacial score (nSPS) is 10.7. The van der Waals surface area contributed by atoms with Gasteiger partial charge in [0.15, 0.2) is 5.82 Å². The summed E-state index contributed by atoms with van der Waals surface area (Å²) in [6.07, 6.45) is 2.21. The van der Waals surface area contributed by atoms with E-state index in [1.807, 2.05) is 37.3 Å². The van der Waals surface area contributed by atoms with Crippen LogP contribution >= 0.6 is 11.6 Å². The highest BCUT2D eigenvalue weighted by Crippen LogP contribution is 2.21. The zero-order valence-electron chi connectivity index (χ0n) is 16.2. The molecule has 7 heteroatoms. The van der Waals surface area contributed by atoms with Gasteiger partial charge in [0.1, 0.15) is 5.69 Å². The number of aromatic amines is 1. The molecule has 2 N–H and O–H groups in total. The van der Waals surface area contributed by atoms with E-state index in [9.17, 15) is 9.59 Å². The molecule has 0 spiro atoms. The average molecular weight is 411 g/mol. The largest absolute Gasteiger partial charge is 0.356 e. The summed E-state index contributed by atoms with van der Waals surface area (Å²) in [5, 5.41) is 11.5. The van der Waals surface area contributed by atoms with Crippen LogP contribution in [0.15, 0.2) is 53.3 Å². The lowest BCUT2D eigenvalue weighted by atomic mass is 10.1. The number of amides is 1. The molecular formula is C22H23ClN4O2. The molecule has 1 aromatic heterocycles. The zero-order valence-corrected chi connectivity index (χ0v) is 17.0. The maximum atomic E-state index is 12.3. The molecule has 3 rings (SSSR count). The van der Waals surface area contributed by atoms with E-state index in [1.165, 1.54) is 5.56 Å². The number of halogens is 1.